The third kappa shape index (κ3) is 5.79. The van der Waals surface area contributed by atoms with Crippen molar-refractivity contribution in [3.05, 3.63) is 59.7 Å². The molecule has 1 atom stereocenters. The van der Waals surface area contributed by atoms with Crippen LogP contribution >= 0.6 is 11.8 Å². The molecule has 2 amide bonds. The lowest BCUT2D eigenvalue weighted by Gasteiger charge is -2.18. The van der Waals surface area contributed by atoms with Crippen LogP contribution in [0.4, 0.5) is 4.79 Å². The number of carbonyl (C=O) groups is 3. The third-order valence-corrected chi connectivity index (χ3v) is 5.85. The highest BCUT2D eigenvalue weighted by molar-refractivity contribution is 7.98. The maximum Gasteiger partial charge on any atom is 0.407 e. The Morgan fingerprint density at radius 1 is 1.06 bits per heavy atom. The zero-order valence-electron chi connectivity index (χ0n) is 17.3. The first-order valence-electron chi connectivity index (χ1n) is 10.1. The highest BCUT2D eigenvalue weighted by Crippen LogP contribution is 2.44. The van der Waals surface area contributed by atoms with Gasteiger partial charge in [-0.05, 0) is 40.7 Å². The van der Waals surface area contributed by atoms with E-state index < -0.39 is 30.4 Å². The fourth-order valence-electron chi connectivity index (χ4n) is 3.72. The number of hydrogen-bond donors (Lipinski definition) is 3. The molecule has 0 aliphatic heterocycles. The molecule has 0 heterocycles. The van der Waals surface area contributed by atoms with Crippen LogP contribution in [0.15, 0.2) is 48.5 Å². The predicted molar refractivity (Wildman–Crippen MR) is 120 cm³/mol. The van der Waals surface area contributed by atoms with Gasteiger partial charge in [-0.3, -0.25) is 9.59 Å². The smallest absolute Gasteiger partial charge is 0.407 e. The summed E-state index contributed by atoms with van der Waals surface area (Å²) in [6, 6.07) is 14.7. The summed E-state index contributed by atoms with van der Waals surface area (Å²) in [7, 11) is 0. The molecule has 1 unspecified atom stereocenters. The van der Waals surface area contributed by atoms with Crippen LogP contribution in [0.2, 0.25) is 0 Å². The summed E-state index contributed by atoms with van der Waals surface area (Å²) in [5.41, 5.74) is 4.37. The van der Waals surface area contributed by atoms with Crippen molar-refractivity contribution in [3.63, 3.8) is 0 Å². The Morgan fingerprint density at radius 3 is 2.26 bits per heavy atom. The van der Waals surface area contributed by atoms with Gasteiger partial charge in [0.1, 0.15) is 12.6 Å². The molecule has 1 aliphatic rings. The molecule has 0 spiro atoms. The highest BCUT2D eigenvalue weighted by atomic mass is 32.2. The first-order chi connectivity index (χ1) is 15.0. The Labute approximate surface area is 185 Å². The number of nitrogens with one attached hydrogen (secondary N) is 2. The number of carboxylic acid groups (broad SMARTS) is 1. The minimum absolute atomic E-state index is 0.0923. The first kappa shape index (κ1) is 22.7. The van der Waals surface area contributed by atoms with Gasteiger partial charge >= 0.3 is 12.1 Å². The number of carbonyl (C=O) groups excluding carboxylic acids is 2. The van der Waals surface area contributed by atoms with Crippen molar-refractivity contribution in [2.45, 2.75) is 24.8 Å². The lowest BCUT2D eigenvalue weighted by molar-refractivity contribution is -0.139. The fraction of sp³-hybridized carbons (Fsp3) is 0.348. The van der Waals surface area contributed by atoms with Gasteiger partial charge in [-0.15, -0.1) is 0 Å². The van der Waals surface area contributed by atoms with Crippen LogP contribution in [0.1, 0.15) is 29.9 Å². The van der Waals surface area contributed by atoms with Gasteiger partial charge in [0.25, 0.3) is 0 Å². The van der Waals surface area contributed by atoms with Crippen LogP contribution in [0, 0.1) is 0 Å². The van der Waals surface area contributed by atoms with Crippen molar-refractivity contribution >= 4 is 29.7 Å². The molecule has 31 heavy (non-hydrogen) atoms. The Morgan fingerprint density at radius 2 is 1.68 bits per heavy atom. The van der Waals surface area contributed by atoms with E-state index in [0.29, 0.717) is 6.54 Å². The molecule has 0 radical (unpaired) electrons. The maximum absolute atomic E-state index is 12.4. The lowest BCUT2D eigenvalue weighted by atomic mass is 9.98. The number of carboxylic acids is 1. The molecule has 8 heteroatoms. The summed E-state index contributed by atoms with van der Waals surface area (Å²) < 4.78 is 5.42. The highest BCUT2D eigenvalue weighted by Gasteiger charge is 2.30. The molecule has 164 valence electrons. The van der Waals surface area contributed by atoms with Gasteiger partial charge in [0.2, 0.25) is 5.91 Å². The summed E-state index contributed by atoms with van der Waals surface area (Å²) in [5, 5.41) is 14.2. The van der Waals surface area contributed by atoms with Gasteiger partial charge in [-0.2, -0.15) is 11.8 Å². The fourth-order valence-corrected chi connectivity index (χ4v) is 4.15. The zero-order valence-corrected chi connectivity index (χ0v) is 18.1. The van der Waals surface area contributed by atoms with Crippen molar-refractivity contribution in [3.8, 4) is 11.1 Å². The molecule has 0 saturated carbocycles. The van der Waals surface area contributed by atoms with Crippen molar-refractivity contribution in [1.29, 1.82) is 0 Å². The summed E-state index contributed by atoms with van der Waals surface area (Å²) >= 11 is 1.66. The number of amides is 2. The van der Waals surface area contributed by atoms with Crippen LogP contribution in [0.5, 0.6) is 0 Å². The van der Waals surface area contributed by atoms with E-state index in [-0.39, 0.29) is 12.5 Å². The van der Waals surface area contributed by atoms with Gasteiger partial charge in [0.15, 0.2) is 0 Å². The average Bonchev–Trinajstić information content (AvgIpc) is 3.08. The van der Waals surface area contributed by atoms with Crippen LogP contribution in [-0.4, -0.2) is 54.3 Å². The Kier molecular flexibility index (Phi) is 7.94. The second kappa shape index (κ2) is 10.9. The van der Waals surface area contributed by atoms with Gasteiger partial charge < -0.3 is 20.5 Å². The number of alkyl carbamates (subject to hydrolysis) is 1. The molecule has 0 saturated heterocycles. The second-order valence-corrected chi connectivity index (χ2v) is 8.24. The quantitative estimate of drug-likeness (QED) is 0.488. The van der Waals surface area contributed by atoms with Gasteiger partial charge in [0.05, 0.1) is 6.42 Å². The molecule has 7 nitrogen and oxygen atoms in total. The number of thioether (sulfide) groups is 1. The van der Waals surface area contributed by atoms with Gasteiger partial charge in [0, 0.05) is 12.5 Å². The molecule has 3 N–H and O–H groups in total. The summed E-state index contributed by atoms with van der Waals surface area (Å²) in [4.78, 5) is 35.8. The first-order valence-corrected chi connectivity index (χ1v) is 11.5. The van der Waals surface area contributed by atoms with E-state index in [1.165, 1.54) is 0 Å². The maximum atomic E-state index is 12.4. The number of benzene rings is 2. The van der Waals surface area contributed by atoms with Crippen molar-refractivity contribution < 1.29 is 24.2 Å². The largest absolute Gasteiger partial charge is 0.481 e. The minimum Gasteiger partial charge on any atom is -0.481 e. The number of rotatable bonds is 10. The van der Waals surface area contributed by atoms with E-state index in [0.717, 1.165) is 34.4 Å². The molecule has 0 aromatic heterocycles. The Hall–Kier alpha value is -3.00. The average molecular weight is 443 g/mol. The molecular formula is C23H26N2O5S. The van der Waals surface area contributed by atoms with Crippen LogP contribution < -0.4 is 10.6 Å². The number of hydrogen-bond acceptors (Lipinski definition) is 5. The van der Waals surface area contributed by atoms with Crippen molar-refractivity contribution in [1.82, 2.24) is 10.6 Å². The normalized spacial score (nSPS) is 13.1. The SMILES string of the molecule is CSCCCNC(=O)C(CC(=O)O)NC(=O)OCC1c2ccccc2-c2ccccc21. The topological polar surface area (TPSA) is 105 Å². The van der Waals surface area contributed by atoms with Gasteiger partial charge in [-0.25, -0.2) is 4.79 Å². The van der Waals surface area contributed by atoms with Crippen LogP contribution in [-0.2, 0) is 14.3 Å². The van der Waals surface area contributed by atoms with Crippen molar-refractivity contribution in [2.75, 3.05) is 25.2 Å². The number of fused-ring (bicyclic) bond motifs is 3. The van der Waals surface area contributed by atoms with E-state index >= 15 is 0 Å². The number of ether oxygens (including phenoxy) is 1. The third-order valence-electron chi connectivity index (χ3n) is 5.16. The Bertz CT molecular complexity index is 904. The monoisotopic (exact) mass is 442 g/mol. The second-order valence-electron chi connectivity index (χ2n) is 7.26. The standard InChI is InChI=1S/C23H26N2O5S/c1-31-12-6-11-24-22(28)20(13-21(26)27)25-23(29)30-14-19-17-9-4-2-7-15(17)16-8-3-5-10-18(16)19/h2-5,7-10,19-20H,6,11-14H2,1H3,(H,24,28)(H,25,29)(H,26,27). The predicted octanol–water partition coefficient (Wildman–Crippen LogP) is 3.24. The minimum atomic E-state index is -1.19. The van der Waals surface area contributed by atoms with Crippen LogP contribution in [0.25, 0.3) is 11.1 Å². The molecule has 3 rings (SSSR count). The molecule has 2 aromatic carbocycles. The van der Waals surface area contributed by atoms with E-state index in [1.807, 2.05) is 54.8 Å². The van der Waals surface area contributed by atoms with E-state index in [9.17, 15) is 14.4 Å². The van der Waals surface area contributed by atoms with Gasteiger partial charge in [-0.1, -0.05) is 48.5 Å². The zero-order chi connectivity index (χ0) is 22.2. The molecule has 2 aromatic rings. The summed E-state index contributed by atoms with van der Waals surface area (Å²) in [6.45, 7) is 0.511. The van der Waals surface area contributed by atoms with Crippen molar-refractivity contribution in [2.24, 2.45) is 0 Å². The summed E-state index contributed by atoms with van der Waals surface area (Å²) in [5.74, 6) is -0.944. The lowest BCUT2D eigenvalue weighted by Crippen LogP contribution is -2.48. The number of aliphatic carboxylic acids is 1. The molecule has 0 fully saturated rings. The van der Waals surface area contributed by atoms with E-state index in [2.05, 4.69) is 10.6 Å². The summed E-state index contributed by atoms with van der Waals surface area (Å²) in [6.07, 6.45) is 1.40. The molecule has 1 aliphatic carbocycles. The van der Waals surface area contributed by atoms with Crippen LogP contribution in [0.3, 0.4) is 0 Å². The van der Waals surface area contributed by atoms with E-state index in [1.54, 1.807) is 11.8 Å². The van der Waals surface area contributed by atoms with E-state index in [4.69, 9.17) is 9.84 Å². The molecular weight excluding hydrogens is 416 g/mol. The Balaban J connectivity index is 1.61. The molecule has 0 bridgehead atoms.